The van der Waals surface area contributed by atoms with Gasteiger partial charge in [-0.1, -0.05) is 47.8 Å². The Morgan fingerprint density at radius 2 is 1.10 bits per heavy atom. The van der Waals surface area contributed by atoms with E-state index in [4.69, 9.17) is 28.9 Å². The summed E-state index contributed by atoms with van der Waals surface area (Å²) < 4.78 is 21.5. The molecule has 0 radical (unpaired) electrons. The van der Waals surface area contributed by atoms with Crippen LogP contribution in [-0.2, 0) is 22.7 Å². The molecule has 40 heavy (non-hydrogen) atoms. The number of nitrogens with one attached hydrogen (secondary N) is 2. The first-order valence-electron chi connectivity index (χ1n) is 12.4. The van der Waals surface area contributed by atoms with E-state index in [0.29, 0.717) is 46.1 Å². The van der Waals surface area contributed by atoms with Crippen molar-refractivity contribution < 1.29 is 28.5 Å². The summed E-state index contributed by atoms with van der Waals surface area (Å²) in [6.45, 7) is 1.14. The number of benzene rings is 3. The fourth-order valence-electron chi connectivity index (χ4n) is 4.03. The van der Waals surface area contributed by atoms with Gasteiger partial charge in [0.15, 0.2) is 23.0 Å². The van der Waals surface area contributed by atoms with E-state index in [2.05, 4.69) is 10.6 Å². The topological polar surface area (TPSA) is 121 Å². The summed E-state index contributed by atoms with van der Waals surface area (Å²) in [5.74, 6) is 2.77. The smallest absolute Gasteiger partial charge is 0.231 e. The number of carbonyl (C=O) groups is 2. The minimum Gasteiger partial charge on any atom is -0.454 e. The molecule has 3 heterocycles. The van der Waals surface area contributed by atoms with Crippen molar-refractivity contribution in [3.05, 3.63) is 71.8 Å². The van der Waals surface area contributed by atoms with Crippen molar-refractivity contribution in [1.29, 1.82) is 0 Å². The van der Waals surface area contributed by atoms with Crippen molar-refractivity contribution in [1.82, 2.24) is 20.6 Å². The summed E-state index contributed by atoms with van der Waals surface area (Å²) in [6.07, 6.45) is 0. The number of ether oxygens (including phenoxy) is 4. The molecule has 2 aliphatic rings. The maximum atomic E-state index is 12.6. The summed E-state index contributed by atoms with van der Waals surface area (Å²) in [4.78, 5) is 34.7. The van der Waals surface area contributed by atoms with Crippen LogP contribution < -0.4 is 29.6 Å². The van der Waals surface area contributed by atoms with Gasteiger partial charge in [-0.3, -0.25) is 9.59 Å². The number of rotatable bonds is 10. The van der Waals surface area contributed by atoms with Gasteiger partial charge in [-0.2, -0.15) is 0 Å². The minimum absolute atomic E-state index is 0.143. The van der Waals surface area contributed by atoms with E-state index in [-0.39, 0.29) is 36.9 Å². The summed E-state index contributed by atoms with van der Waals surface area (Å²) in [5.41, 5.74) is 3.27. The molecule has 204 valence electrons. The molecular formula is C28H24N4O6S2. The van der Waals surface area contributed by atoms with Crippen LogP contribution in [-0.4, -0.2) is 46.9 Å². The normalized spacial score (nSPS) is 12.9. The van der Waals surface area contributed by atoms with Crippen LogP contribution in [0.3, 0.4) is 0 Å². The molecule has 10 nitrogen and oxygen atoms in total. The molecule has 0 saturated carbocycles. The van der Waals surface area contributed by atoms with Crippen molar-refractivity contribution in [3.63, 3.8) is 0 Å². The lowest BCUT2D eigenvalue weighted by Gasteiger charge is -2.10. The maximum absolute atomic E-state index is 12.6. The average Bonchev–Trinajstić information content (AvgIpc) is 3.65. The molecule has 12 heteroatoms. The highest BCUT2D eigenvalue weighted by molar-refractivity contribution is 8.02. The minimum atomic E-state index is -0.143. The van der Waals surface area contributed by atoms with Crippen LogP contribution in [0.1, 0.15) is 11.1 Å². The molecule has 4 aromatic rings. The first-order chi connectivity index (χ1) is 19.6. The summed E-state index contributed by atoms with van der Waals surface area (Å²) in [7, 11) is 0. The number of amides is 2. The number of aromatic nitrogens is 2. The van der Waals surface area contributed by atoms with E-state index in [1.807, 2.05) is 60.7 Å². The largest absolute Gasteiger partial charge is 0.454 e. The van der Waals surface area contributed by atoms with Crippen LogP contribution in [0.5, 0.6) is 23.0 Å². The third kappa shape index (κ3) is 6.18. The van der Waals surface area contributed by atoms with Crippen LogP contribution >= 0.6 is 23.5 Å². The number of para-hydroxylation sites is 2. The van der Waals surface area contributed by atoms with Crippen molar-refractivity contribution in [3.8, 4) is 23.0 Å². The van der Waals surface area contributed by atoms with Gasteiger partial charge >= 0.3 is 0 Å². The molecular weight excluding hydrogens is 552 g/mol. The highest BCUT2D eigenvalue weighted by atomic mass is 32.2. The fraction of sp³-hybridized carbons (Fsp3) is 0.214. The summed E-state index contributed by atoms with van der Waals surface area (Å²) >= 11 is 2.58. The average molecular weight is 577 g/mol. The first-order valence-corrected chi connectivity index (χ1v) is 14.4. The van der Waals surface area contributed by atoms with Gasteiger partial charge in [0.05, 0.1) is 22.5 Å². The zero-order valence-corrected chi connectivity index (χ0v) is 22.8. The van der Waals surface area contributed by atoms with Crippen LogP contribution in [0.15, 0.2) is 70.7 Å². The van der Waals surface area contributed by atoms with Crippen molar-refractivity contribution in [2.24, 2.45) is 0 Å². The van der Waals surface area contributed by atoms with Crippen molar-refractivity contribution in [2.75, 3.05) is 25.1 Å². The number of thioether (sulfide) groups is 2. The Labute approximate surface area is 238 Å². The Kier molecular flexibility index (Phi) is 7.78. The standard InChI is InChI=1S/C28H24N4O6S2/c33-25(29-11-17-5-7-21-23(9-17)37-15-35-21)13-39-27-28(32-20-4-2-1-3-19(20)31-27)40-14-26(34)30-12-18-6-8-22-24(10-18)38-16-36-22/h1-10H,11-16H2,(H,29,33)(H,30,34). The van der Waals surface area contributed by atoms with Gasteiger partial charge in [0.25, 0.3) is 0 Å². The first kappa shape index (κ1) is 26.1. The highest BCUT2D eigenvalue weighted by Crippen LogP contribution is 2.34. The summed E-state index contributed by atoms with van der Waals surface area (Å²) in [6, 6.07) is 18.7. The Balaban J connectivity index is 1.05. The number of carbonyl (C=O) groups excluding carboxylic acids is 2. The van der Waals surface area contributed by atoms with Crippen LogP contribution in [0, 0.1) is 0 Å². The second kappa shape index (κ2) is 11.9. The molecule has 0 spiro atoms. The molecule has 3 aromatic carbocycles. The van der Waals surface area contributed by atoms with Gasteiger partial charge in [-0.15, -0.1) is 0 Å². The number of hydrogen-bond acceptors (Lipinski definition) is 10. The van der Waals surface area contributed by atoms with E-state index >= 15 is 0 Å². The lowest BCUT2D eigenvalue weighted by molar-refractivity contribution is -0.119. The fourth-order valence-corrected chi connectivity index (χ4v) is 5.79. The Morgan fingerprint density at radius 1 is 0.650 bits per heavy atom. The number of nitrogens with zero attached hydrogens (tertiary/aromatic N) is 2. The van der Waals surface area contributed by atoms with Gasteiger partial charge in [0.2, 0.25) is 25.4 Å². The molecule has 0 bridgehead atoms. The van der Waals surface area contributed by atoms with Crippen LogP contribution in [0.25, 0.3) is 11.0 Å². The quantitative estimate of drug-likeness (QED) is 0.269. The van der Waals surface area contributed by atoms with E-state index in [1.165, 1.54) is 23.5 Å². The van der Waals surface area contributed by atoms with Crippen molar-refractivity contribution >= 4 is 46.4 Å². The molecule has 2 N–H and O–H groups in total. The van der Waals surface area contributed by atoms with Gasteiger partial charge in [0, 0.05) is 13.1 Å². The summed E-state index contributed by atoms with van der Waals surface area (Å²) in [5, 5.41) is 7.05. The second-order valence-corrected chi connectivity index (χ2v) is 10.8. The van der Waals surface area contributed by atoms with Crippen LogP contribution in [0.4, 0.5) is 0 Å². The van der Waals surface area contributed by atoms with Gasteiger partial charge in [-0.25, -0.2) is 9.97 Å². The molecule has 0 fully saturated rings. The predicted octanol–water partition coefficient (Wildman–Crippen LogP) is 3.90. The molecule has 0 aliphatic carbocycles. The van der Waals surface area contributed by atoms with Gasteiger partial charge in [0.1, 0.15) is 10.1 Å². The van der Waals surface area contributed by atoms with Gasteiger partial charge < -0.3 is 29.6 Å². The van der Waals surface area contributed by atoms with Crippen LogP contribution in [0.2, 0.25) is 0 Å². The Morgan fingerprint density at radius 3 is 1.57 bits per heavy atom. The number of hydrogen-bond donors (Lipinski definition) is 2. The van der Waals surface area contributed by atoms with E-state index in [9.17, 15) is 9.59 Å². The van der Waals surface area contributed by atoms with E-state index in [1.54, 1.807) is 0 Å². The lowest BCUT2D eigenvalue weighted by Crippen LogP contribution is -2.25. The SMILES string of the molecule is O=C(CSc1nc2ccccc2nc1SCC(=O)NCc1ccc2c(c1)OCO2)NCc1ccc2c(c1)OCO2. The zero-order valence-electron chi connectivity index (χ0n) is 21.2. The maximum Gasteiger partial charge on any atom is 0.231 e. The third-order valence-electron chi connectivity index (χ3n) is 6.04. The molecule has 6 rings (SSSR count). The van der Waals surface area contributed by atoms with E-state index in [0.717, 1.165) is 22.2 Å². The Hall–Kier alpha value is -4.16. The van der Waals surface area contributed by atoms with Gasteiger partial charge in [-0.05, 0) is 47.5 Å². The molecule has 0 saturated heterocycles. The highest BCUT2D eigenvalue weighted by Gasteiger charge is 2.17. The number of fused-ring (bicyclic) bond motifs is 3. The molecule has 2 aliphatic heterocycles. The van der Waals surface area contributed by atoms with E-state index < -0.39 is 0 Å². The lowest BCUT2D eigenvalue weighted by atomic mass is 10.2. The van der Waals surface area contributed by atoms with Crippen molar-refractivity contribution in [2.45, 2.75) is 23.1 Å². The predicted molar refractivity (Wildman–Crippen MR) is 150 cm³/mol. The molecule has 0 atom stereocenters. The second-order valence-electron chi connectivity index (χ2n) is 8.83. The third-order valence-corrected chi connectivity index (χ3v) is 8.10. The monoisotopic (exact) mass is 576 g/mol. The molecule has 1 aromatic heterocycles. The zero-order chi connectivity index (χ0) is 27.3. The molecule has 2 amide bonds. The Bertz CT molecular complexity index is 1470. The molecule has 0 unspecified atom stereocenters.